The van der Waals surface area contributed by atoms with Gasteiger partial charge in [0.1, 0.15) is 0 Å². The maximum absolute atomic E-state index is 10.2. The molecule has 76 valence electrons. The smallest absolute Gasteiger partial charge is 0.317 e. The van der Waals surface area contributed by atoms with Gasteiger partial charge in [-0.25, -0.2) is 0 Å². The largest absolute Gasteiger partial charge is 0.480 e. The van der Waals surface area contributed by atoms with Gasteiger partial charge < -0.3 is 10.8 Å². The highest BCUT2D eigenvalue weighted by molar-refractivity contribution is 9.10. The fourth-order valence-electron chi connectivity index (χ4n) is 0.571. The van der Waals surface area contributed by atoms with Crippen LogP contribution in [0.25, 0.3) is 0 Å². The van der Waals surface area contributed by atoms with Crippen LogP contribution in [-0.2, 0) is 4.79 Å². The van der Waals surface area contributed by atoms with E-state index in [0.29, 0.717) is 5.56 Å². The standard InChI is InChI=1S/C7H5BrO.C2H5NO2/c8-7-4-2-1-3-6(7)5-9;3-1-2(4)5/h1-5H;1,3H2,(H,4,5). The van der Waals surface area contributed by atoms with E-state index in [1.54, 1.807) is 6.07 Å². The zero-order chi connectivity index (χ0) is 11.0. The highest BCUT2D eigenvalue weighted by Crippen LogP contribution is 2.12. The Bertz CT molecular complexity index is 315. The summed E-state index contributed by atoms with van der Waals surface area (Å²) in [6.45, 7) is -0.278. The minimum Gasteiger partial charge on any atom is -0.480 e. The summed E-state index contributed by atoms with van der Waals surface area (Å²) in [6.07, 6.45) is 0.823. The van der Waals surface area contributed by atoms with Crippen LogP contribution in [0, 0.1) is 0 Å². The predicted octanol–water partition coefficient (Wildman–Crippen LogP) is 1.29. The van der Waals surface area contributed by atoms with Gasteiger partial charge in [0.2, 0.25) is 0 Å². The first-order chi connectivity index (χ1) is 6.61. The molecule has 14 heavy (non-hydrogen) atoms. The number of carboxylic acids is 1. The molecular weight excluding hydrogens is 250 g/mol. The zero-order valence-electron chi connectivity index (χ0n) is 7.31. The van der Waals surface area contributed by atoms with Crippen LogP contribution in [-0.4, -0.2) is 23.9 Å². The molecule has 0 aliphatic carbocycles. The molecule has 4 nitrogen and oxygen atoms in total. The van der Waals surface area contributed by atoms with Crippen molar-refractivity contribution < 1.29 is 14.7 Å². The number of carbonyl (C=O) groups excluding carboxylic acids is 1. The summed E-state index contributed by atoms with van der Waals surface area (Å²) in [5.74, 6) is -0.968. The Labute approximate surface area is 89.9 Å². The van der Waals surface area contributed by atoms with Crippen molar-refractivity contribution in [2.45, 2.75) is 0 Å². The van der Waals surface area contributed by atoms with Crippen LogP contribution in [0.1, 0.15) is 10.4 Å². The van der Waals surface area contributed by atoms with Crippen LogP contribution in [0.3, 0.4) is 0 Å². The van der Waals surface area contributed by atoms with Crippen molar-refractivity contribution >= 4 is 28.2 Å². The molecule has 0 fully saturated rings. The lowest BCUT2D eigenvalue weighted by molar-refractivity contribution is -0.135. The molecule has 0 bridgehead atoms. The van der Waals surface area contributed by atoms with Crippen LogP contribution in [0.5, 0.6) is 0 Å². The molecule has 0 saturated carbocycles. The maximum atomic E-state index is 10.2. The Hall–Kier alpha value is -1.20. The Morgan fingerprint density at radius 1 is 1.50 bits per heavy atom. The number of aliphatic carboxylic acids is 1. The highest BCUT2D eigenvalue weighted by atomic mass is 79.9. The molecule has 1 aromatic carbocycles. The highest BCUT2D eigenvalue weighted by Gasteiger charge is 1.92. The Morgan fingerprint density at radius 3 is 2.29 bits per heavy atom. The first kappa shape index (κ1) is 12.8. The average molecular weight is 260 g/mol. The van der Waals surface area contributed by atoms with Crippen molar-refractivity contribution in [2.75, 3.05) is 6.54 Å². The van der Waals surface area contributed by atoms with Gasteiger partial charge in [0.15, 0.2) is 6.29 Å². The van der Waals surface area contributed by atoms with Crippen LogP contribution >= 0.6 is 15.9 Å². The van der Waals surface area contributed by atoms with E-state index in [0.717, 1.165) is 10.8 Å². The van der Waals surface area contributed by atoms with E-state index in [2.05, 4.69) is 21.7 Å². The first-order valence-electron chi connectivity index (χ1n) is 3.73. The van der Waals surface area contributed by atoms with Crippen molar-refractivity contribution in [3.05, 3.63) is 34.3 Å². The molecule has 0 aliphatic rings. The number of rotatable bonds is 2. The maximum Gasteiger partial charge on any atom is 0.317 e. The van der Waals surface area contributed by atoms with Gasteiger partial charge in [-0.3, -0.25) is 9.59 Å². The Morgan fingerprint density at radius 2 is 2.00 bits per heavy atom. The lowest BCUT2D eigenvalue weighted by atomic mass is 10.2. The van der Waals surface area contributed by atoms with E-state index in [1.165, 1.54) is 0 Å². The molecule has 0 aliphatic heterocycles. The third kappa shape index (κ3) is 5.45. The zero-order valence-corrected chi connectivity index (χ0v) is 8.90. The number of halogens is 1. The van der Waals surface area contributed by atoms with Crippen LogP contribution in [0.2, 0.25) is 0 Å². The molecular formula is C9H10BrNO3. The molecule has 3 N–H and O–H groups in total. The predicted molar refractivity (Wildman–Crippen MR) is 56.2 cm³/mol. The second-order valence-electron chi connectivity index (χ2n) is 2.24. The van der Waals surface area contributed by atoms with Gasteiger partial charge in [0.25, 0.3) is 0 Å². The molecule has 0 saturated heterocycles. The summed E-state index contributed by atoms with van der Waals surface area (Å²) in [4.78, 5) is 19.4. The molecule has 0 spiro atoms. The number of hydrogen-bond acceptors (Lipinski definition) is 3. The third-order valence-electron chi connectivity index (χ3n) is 1.21. The quantitative estimate of drug-likeness (QED) is 0.785. The van der Waals surface area contributed by atoms with Gasteiger partial charge in [-0.15, -0.1) is 0 Å². The minimum absolute atomic E-state index is 0.278. The summed E-state index contributed by atoms with van der Waals surface area (Å²) in [6, 6.07) is 7.30. The number of carbonyl (C=O) groups is 2. The lowest BCUT2D eigenvalue weighted by Gasteiger charge is -1.90. The van der Waals surface area contributed by atoms with E-state index in [4.69, 9.17) is 5.11 Å². The Balaban J connectivity index is 0.000000292. The van der Waals surface area contributed by atoms with Gasteiger partial charge in [-0.1, -0.05) is 34.1 Å². The number of carboxylic acid groups (broad SMARTS) is 1. The SMILES string of the molecule is NCC(=O)O.O=Cc1ccccc1Br. The van der Waals surface area contributed by atoms with Crippen molar-refractivity contribution in [1.82, 2.24) is 0 Å². The number of aldehydes is 1. The second-order valence-corrected chi connectivity index (χ2v) is 3.09. The monoisotopic (exact) mass is 259 g/mol. The molecule has 0 amide bonds. The summed E-state index contributed by atoms with van der Waals surface area (Å²) < 4.78 is 0.847. The van der Waals surface area contributed by atoms with Gasteiger partial charge in [-0.05, 0) is 6.07 Å². The molecule has 0 heterocycles. The van der Waals surface area contributed by atoms with Crippen molar-refractivity contribution in [3.63, 3.8) is 0 Å². The van der Waals surface area contributed by atoms with Crippen LogP contribution in [0.15, 0.2) is 28.7 Å². The first-order valence-corrected chi connectivity index (χ1v) is 4.52. The van der Waals surface area contributed by atoms with Crippen molar-refractivity contribution in [1.29, 1.82) is 0 Å². The second kappa shape index (κ2) is 7.23. The number of nitrogens with two attached hydrogens (primary N) is 1. The molecule has 0 radical (unpaired) electrons. The van der Waals surface area contributed by atoms with E-state index in [9.17, 15) is 9.59 Å². The minimum atomic E-state index is -0.968. The summed E-state index contributed by atoms with van der Waals surface area (Å²) in [5, 5.41) is 7.60. The van der Waals surface area contributed by atoms with Gasteiger partial charge in [-0.2, -0.15) is 0 Å². The van der Waals surface area contributed by atoms with Crippen LogP contribution in [0.4, 0.5) is 0 Å². The van der Waals surface area contributed by atoms with E-state index >= 15 is 0 Å². The van der Waals surface area contributed by atoms with Crippen molar-refractivity contribution in [2.24, 2.45) is 5.73 Å². The molecule has 1 aromatic rings. The normalized spacial score (nSPS) is 8.43. The summed E-state index contributed by atoms with van der Waals surface area (Å²) in [7, 11) is 0. The molecule has 0 aromatic heterocycles. The fraction of sp³-hybridized carbons (Fsp3) is 0.111. The van der Waals surface area contributed by atoms with Crippen molar-refractivity contribution in [3.8, 4) is 0 Å². The molecule has 5 heteroatoms. The van der Waals surface area contributed by atoms with E-state index in [1.807, 2.05) is 18.2 Å². The average Bonchev–Trinajstić information content (AvgIpc) is 2.19. The molecule has 1 rings (SSSR count). The van der Waals surface area contributed by atoms with Gasteiger partial charge in [0, 0.05) is 10.0 Å². The van der Waals surface area contributed by atoms with E-state index < -0.39 is 5.97 Å². The topological polar surface area (TPSA) is 80.4 Å². The lowest BCUT2D eigenvalue weighted by Crippen LogP contribution is -2.10. The third-order valence-corrected chi connectivity index (χ3v) is 1.93. The van der Waals surface area contributed by atoms with Gasteiger partial charge >= 0.3 is 5.97 Å². The molecule has 0 atom stereocenters. The summed E-state index contributed by atoms with van der Waals surface area (Å²) >= 11 is 3.23. The fourth-order valence-corrected chi connectivity index (χ4v) is 0.949. The summed E-state index contributed by atoms with van der Waals surface area (Å²) in [5.41, 5.74) is 5.26. The number of benzene rings is 1. The Kier molecular flexibility index (Phi) is 6.61. The van der Waals surface area contributed by atoms with Crippen LogP contribution < -0.4 is 5.73 Å². The van der Waals surface area contributed by atoms with E-state index in [-0.39, 0.29) is 6.54 Å². The van der Waals surface area contributed by atoms with Gasteiger partial charge in [0.05, 0.1) is 6.54 Å². The molecule has 0 unspecified atom stereocenters. The number of hydrogen-bond donors (Lipinski definition) is 2.